The molecule has 154 valence electrons. The number of amides is 1. The lowest BCUT2D eigenvalue weighted by Gasteiger charge is -2.22. The smallest absolute Gasteiger partial charge is 0.261 e. The molecule has 0 radical (unpaired) electrons. The summed E-state index contributed by atoms with van der Waals surface area (Å²) in [5.41, 5.74) is 8.46. The molecule has 1 aliphatic rings. The van der Waals surface area contributed by atoms with Crippen LogP contribution in [0.5, 0.6) is 0 Å². The Bertz CT molecular complexity index is 877. The molecule has 8 heteroatoms. The van der Waals surface area contributed by atoms with Crippen LogP contribution in [0, 0.1) is 0 Å². The number of carbonyl (C=O) groups excluding carboxylic acids is 1. The number of nitrogens with two attached hydrogens (primary N) is 1. The maximum Gasteiger partial charge on any atom is 0.261 e. The van der Waals surface area contributed by atoms with E-state index >= 15 is 0 Å². The summed E-state index contributed by atoms with van der Waals surface area (Å²) in [7, 11) is 2.17. The van der Waals surface area contributed by atoms with Crippen molar-refractivity contribution in [3.8, 4) is 0 Å². The second kappa shape index (κ2) is 10.4. The van der Waals surface area contributed by atoms with Crippen molar-refractivity contribution in [1.29, 1.82) is 0 Å². The van der Waals surface area contributed by atoms with Gasteiger partial charge in [-0.1, -0.05) is 11.6 Å². The van der Waals surface area contributed by atoms with Gasteiger partial charge in [0.1, 0.15) is 0 Å². The average Bonchev–Trinajstić information content (AvgIpc) is 3.05. The molecule has 2 aromatic rings. The number of hydrogen-bond donors (Lipinski definition) is 2. The zero-order valence-corrected chi connectivity index (χ0v) is 18.0. The lowest BCUT2D eigenvalue weighted by molar-refractivity contribution is 0.0961. The molecule has 0 aliphatic carbocycles. The van der Waals surface area contributed by atoms with Gasteiger partial charge in [0.05, 0.1) is 14.9 Å². The number of aliphatic imine (C=N–C) groups is 1. The van der Waals surface area contributed by atoms with E-state index in [0.717, 1.165) is 37.4 Å². The number of rotatable bonds is 6. The molecule has 0 saturated carbocycles. The summed E-state index contributed by atoms with van der Waals surface area (Å²) in [4.78, 5) is 21.9. The number of carbonyl (C=O) groups is 1. The van der Waals surface area contributed by atoms with E-state index in [2.05, 4.69) is 39.3 Å². The van der Waals surface area contributed by atoms with E-state index in [1.807, 2.05) is 12.1 Å². The summed E-state index contributed by atoms with van der Waals surface area (Å²) >= 11 is 7.11. The number of hydrogen-bond acceptors (Lipinski definition) is 6. The highest BCUT2D eigenvalue weighted by molar-refractivity contribution is 7.18. The number of nitrogens with one attached hydrogen (secondary N) is 1. The van der Waals surface area contributed by atoms with Crippen molar-refractivity contribution in [2.45, 2.75) is 6.42 Å². The summed E-state index contributed by atoms with van der Waals surface area (Å²) in [6.45, 7) is 4.63. The molecule has 1 aromatic heterocycles. The lowest BCUT2D eigenvalue weighted by Crippen LogP contribution is -2.28. The highest BCUT2D eigenvalue weighted by Crippen LogP contribution is 2.22. The standard InChI is InChI=1S/C21H26ClN5OS/c1-26-9-2-10-27(12-11-26)18-5-3-17(4-6-18)24-14-16(13-23)15-25-21(28)19-7-8-20(22)29-19/h3-8,13-14H,2,9-12,15,23H2,1H3,(H,25,28). The third-order valence-corrected chi connectivity index (χ3v) is 6.01. The SMILES string of the molecule is CN1CCCN(c2ccc(N=CC(=CN)CNC(=O)c3ccc(Cl)s3)cc2)CC1. The largest absolute Gasteiger partial charge is 0.404 e. The topological polar surface area (TPSA) is 74.0 Å². The predicted octanol–water partition coefficient (Wildman–Crippen LogP) is 3.52. The number of likely N-dealkylation sites (N-methyl/N-ethyl adjacent to an activating group) is 1. The van der Waals surface area contributed by atoms with E-state index in [1.165, 1.54) is 29.6 Å². The van der Waals surface area contributed by atoms with E-state index in [1.54, 1.807) is 18.3 Å². The molecule has 1 saturated heterocycles. The fourth-order valence-electron chi connectivity index (χ4n) is 3.07. The second-order valence-corrected chi connectivity index (χ2v) is 8.66. The number of benzene rings is 1. The summed E-state index contributed by atoms with van der Waals surface area (Å²) in [6, 6.07) is 11.6. The molecule has 0 bridgehead atoms. The molecule has 0 spiro atoms. The normalized spacial score (nSPS) is 16.2. The maximum atomic E-state index is 12.1. The van der Waals surface area contributed by atoms with Gasteiger partial charge in [0.15, 0.2) is 0 Å². The van der Waals surface area contributed by atoms with Crippen LogP contribution in [-0.2, 0) is 0 Å². The van der Waals surface area contributed by atoms with Gasteiger partial charge < -0.3 is 20.9 Å². The van der Waals surface area contributed by atoms with Gasteiger partial charge in [-0.15, -0.1) is 11.3 Å². The van der Waals surface area contributed by atoms with Crippen LogP contribution in [0.2, 0.25) is 4.34 Å². The molecular formula is C21H26ClN5OS. The fraction of sp³-hybridized carbons (Fsp3) is 0.333. The minimum Gasteiger partial charge on any atom is -0.404 e. The highest BCUT2D eigenvalue weighted by atomic mass is 35.5. The Kier molecular flexibility index (Phi) is 7.69. The van der Waals surface area contributed by atoms with Crippen LogP contribution >= 0.6 is 22.9 Å². The quantitative estimate of drug-likeness (QED) is 0.686. The summed E-state index contributed by atoms with van der Waals surface area (Å²) < 4.78 is 0.585. The Balaban J connectivity index is 1.54. The Morgan fingerprint density at radius 3 is 2.69 bits per heavy atom. The van der Waals surface area contributed by atoms with Gasteiger partial charge in [0.25, 0.3) is 5.91 Å². The molecular weight excluding hydrogens is 406 g/mol. The molecule has 2 heterocycles. The van der Waals surface area contributed by atoms with E-state index in [9.17, 15) is 4.79 Å². The lowest BCUT2D eigenvalue weighted by atomic mass is 10.2. The molecule has 1 fully saturated rings. The fourth-order valence-corrected chi connectivity index (χ4v) is 4.02. The van der Waals surface area contributed by atoms with Gasteiger partial charge in [-0.05, 0) is 56.4 Å². The Morgan fingerprint density at radius 2 is 2.00 bits per heavy atom. The van der Waals surface area contributed by atoms with Crippen molar-refractivity contribution < 1.29 is 4.79 Å². The van der Waals surface area contributed by atoms with E-state index in [-0.39, 0.29) is 5.91 Å². The zero-order valence-electron chi connectivity index (χ0n) is 16.5. The molecule has 6 nitrogen and oxygen atoms in total. The van der Waals surface area contributed by atoms with Crippen LogP contribution in [0.3, 0.4) is 0 Å². The van der Waals surface area contributed by atoms with Crippen molar-refractivity contribution in [2.24, 2.45) is 10.7 Å². The third kappa shape index (κ3) is 6.32. The Morgan fingerprint density at radius 1 is 1.21 bits per heavy atom. The minimum absolute atomic E-state index is 0.179. The predicted molar refractivity (Wildman–Crippen MR) is 123 cm³/mol. The van der Waals surface area contributed by atoms with Crippen molar-refractivity contribution >= 4 is 46.4 Å². The Hall–Kier alpha value is -2.35. The summed E-state index contributed by atoms with van der Waals surface area (Å²) in [5, 5.41) is 2.82. The molecule has 0 unspecified atom stereocenters. The molecule has 29 heavy (non-hydrogen) atoms. The molecule has 0 atom stereocenters. The van der Waals surface area contributed by atoms with Gasteiger partial charge in [-0.25, -0.2) is 0 Å². The van der Waals surface area contributed by atoms with Crippen LogP contribution in [0.15, 0.2) is 53.2 Å². The van der Waals surface area contributed by atoms with Gasteiger partial charge >= 0.3 is 0 Å². The monoisotopic (exact) mass is 431 g/mol. The van der Waals surface area contributed by atoms with Crippen LogP contribution in [0.1, 0.15) is 16.1 Å². The van der Waals surface area contributed by atoms with E-state index in [4.69, 9.17) is 17.3 Å². The molecule has 1 amide bonds. The van der Waals surface area contributed by atoms with Crippen molar-refractivity contribution in [2.75, 3.05) is 44.7 Å². The van der Waals surface area contributed by atoms with Crippen molar-refractivity contribution in [3.05, 3.63) is 57.4 Å². The van der Waals surface area contributed by atoms with Crippen LogP contribution in [0.4, 0.5) is 11.4 Å². The van der Waals surface area contributed by atoms with E-state index in [0.29, 0.717) is 15.8 Å². The van der Waals surface area contributed by atoms with Gasteiger partial charge in [0, 0.05) is 49.9 Å². The molecule has 3 rings (SSSR count). The van der Waals surface area contributed by atoms with Gasteiger partial charge in [0.2, 0.25) is 0 Å². The summed E-state index contributed by atoms with van der Waals surface area (Å²) in [6.07, 6.45) is 4.30. The number of halogens is 1. The maximum absolute atomic E-state index is 12.1. The first-order chi connectivity index (χ1) is 14.0. The minimum atomic E-state index is -0.179. The molecule has 1 aromatic carbocycles. The highest BCUT2D eigenvalue weighted by Gasteiger charge is 2.12. The number of anilines is 1. The zero-order chi connectivity index (χ0) is 20.6. The second-order valence-electron chi connectivity index (χ2n) is 6.95. The molecule has 3 N–H and O–H groups in total. The Labute approximate surface area is 180 Å². The van der Waals surface area contributed by atoms with Crippen molar-refractivity contribution in [3.63, 3.8) is 0 Å². The third-order valence-electron chi connectivity index (χ3n) is 4.78. The first-order valence-corrected chi connectivity index (χ1v) is 10.8. The molecule has 1 aliphatic heterocycles. The van der Waals surface area contributed by atoms with Crippen LogP contribution in [0.25, 0.3) is 0 Å². The number of thiophene rings is 1. The van der Waals surface area contributed by atoms with Crippen LogP contribution in [-0.4, -0.2) is 56.8 Å². The first kappa shape index (κ1) is 21.4. The van der Waals surface area contributed by atoms with E-state index < -0.39 is 0 Å². The van der Waals surface area contributed by atoms with Crippen molar-refractivity contribution in [1.82, 2.24) is 10.2 Å². The number of nitrogens with zero attached hydrogens (tertiary/aromatic N) is 3. The van der Waals surface area contributed by atoms with Gasteiger partial charge in [-0.3, -0.25) is 9.79 Å². The van der Waals surface area contributed by atoms with Crippen LogP contribution < -0.4 is 16.0 Å². The van der Waals surface area contributed by atoms with Gasteiger partial charge in [-0.2, -0.15) is 0 Å². The average molecular weight is 432 g/mol. The summed E-state index contributed by atoms with van der Waals surface area (Å²) in [5.74, 6) is -0.179. The first-order valence-electron chi connectivity index (χ1n) is 9.57.